The summed E-state index contributed by atoms with van der Waals surface area (Å²) in [6.45, 7) is 0. The van der Waals surface area contributed by atoms with Crippen LogP contribution in [-0.4, -0.2) is 21.0 Å². The average Bonchev–Trinajstić information content (AvgIpc) is 2.41. The van der Waals surface area contributed by atoms with Gasteiger partial charge < -0.3 is 9.84 Å². The monoisotopic (exact) mass is 372 g/mol. The molecule has 0 spiro atoms. The van der Waals surface area contributed by atoms with Gasteiger partial charge in [0, 0.05) is 12.3 Å². The van der Waals surface area contributed by atoms with Gasteiger partial charge in [0.15, 0.2) is 11.3 Å². The van der Waals surface area contributed by atoms with Crippen LogP contribution < -0.4 is 4.74 Å². The number of benzene rings is 1. The lowest BCUT2D eigenvalue weighted by Gasteiger charge is -2.09. The van der Waals surface area contributed by atoms with Crippen LogP contribution in [0.1, 0.15) is 10.4 Å². The summed E-state index contributed by atoms with van der Waals surface area (Å²) >= 11 is 8.90. The number of carboxylic acid groups (broad SMARTS) is 1. The van der Waals surface area contributed by atoms with Gasteiger partial charge in [-0.15, -0.1) is 0 Å². The minimum absolute atomic E-state index is 0.0439. The lowest BCUT2D eigenvalue weighted by Crippen LogP contribution is -2.05. The molecule has 9 heteroatoms. The Bertz CT molecular complexity index is 738. The van der Waals surface area contributed by atoms with Crippen molar-refractivity contribution in [3.63, 3.8) is 0 Å². The Morgan fingerprint density at radius 2 is 2.19 bits per heavy atom. The lowest BCUT2D eigenvalue weighted by atomic mass is 10.1. The first-order valence-corrected chi connectivity index (χ1v) is 6.57. The quantitative estimate of drug-likeness (QED) is 0.644. The third kappa shape index (κ3) is 3.29. The molecule has 7 nitrogen and oxygen atoms in total. The van der Waals surface area contributed by atoms with E-state index in [2.05, 4.69) is 20.9 Å². The number of aromatic nitrogens is 1. The van der Waals surface area contributed by atoms with Gasteiger partial charge in [0.1, 0.15) is 0 Å². The predicted molar refractivity (Wildman–Crippen MR) is 77.1 cm³/mol. The highest BCUT2D eigenvalue weighted by Gasteiger charge is 2.25. The normalized spacial score (nSPS) is 10.2. The fourth-order valence-corrected chi connectivity index (χ4v) is 2.27. The van der Waals surface area contributed by atoms with E-state index in [1.807, 2.05) is 0 Å². The van der Waals surface area contributed by atoms with E-state index >= 15 is 0 Å². The Labute approximate surface area is 131 Å². The average molecular weight is 374 g/mol. The Morgan fingerprint density at radius 1 is 1.48 bits per heavy atom. The molecule has 1 N–H and O–H groups in total. The van der Waals surface area contributed by atoms with Gasteiger partial charge in [0.05, 0.1) is 14.4 Å². The van der Waals surface area contributed by atoms with Crippen LogP contribution >= 0.6 is 27.5 Å². The predicted octanol–water partition coefficient (Wildman–Crippen LogP) is 3.90. The molecule has 0 aliphatic rings. The molecule has 0 bridgehead atoms. The first-order valence-electron chi connectivity index (χ1n) is 5.39. The van der Waals surface area contributed by atoms with Gasteiger partial charge in [-0.2, -0.15) is 0 Å². The summed E-state index contributed by atoms with van der Waals surface area (Å²) in [5, 5.41) is 20.4. The van der Waals surface area contributed by atoms with E-state index in [1.54, 1.807) is 0 Å². The van der Waals surface area contributed by atoms with Gasteiger partial charge >= 0.3 is 5.97 Å². The Balaban J connectivity index is 2.51. The molecule has 21 heavy (non-hydrogen) atoms. The molecule has 2 rings (SSSR count). The number of rotatable bonds is 4. The summed E-state index contributed by atoms with van der Waals surface area (Å²) in [6, 6.07) is 5.21. The van der Waals surface area contributed by atoms with Crippen LogP contribution in [-0.2, 0) is 0 Å². The highest BCUT2D eigenvalue weighted by molar-refractivity contribution is 9.10. The lowest BCUT2D eigenvalue weighted by molar-refractivity contribution is -0.385. The SMILES string of the molecule is O=C(O)c1c(Oc2ncc(Cl)cc2Br)cccc1[N+](=O)[O-]. The molecule has 0 amide bonds. The maximum atomic E-state index is 11.2. The van der Waals surface area contributed by atoms with Crippen molar-refractivity contribution in [1.82, 2.24) is 4.98 Å². The van der Waals surface area contributed by atoms with Crippen molar-refractivity contribution in [2.45, 2.75) is 0 Å². The van der Waals surface area contributed by atoms with Crippen LogP contribution in [0.5, 0.6) is 11.6 Å². The number of carboxylic acids is 1. The van der Waals surface area contributed by atoms with E-state index in [-0.39, 0.29) is 11.6 Å². The largest absolute Gasteiger partial charge is 0.477 e. The molecule has 1 aromatic heterocycles. The van der Waals surface area contributed by atoms with Crippen LogP contribution in [0.3, 0.4) is 0 Å². The topological polar surface area (TPSA) is 103 Å². The van der Waals surface area contributed by atoms with E-state index in [0.29, 0.717) is 9.50 Å². The third-order valence-corrected chi connectivity index (χ3v) is 3.17. The van der Waals surface area contributed by atoms with Crippen LogP contribution in [0.2, 0.25) is 5.02 Å². The van der Waals surface area contributed by atoms with Crippen LogP contribution in [0.25, 0.3) is 0 Å². The van der Waals surface area contributed by atoms with Crippen molar-refractivity contribution in [2.24, 2.45) is 0 Å². The number of hydrogen-bond acceptors (Lipinski definition) is 5. The van der Waals surface area contributed by atoms with Gasteiger partial charge in [0.2, 0.25) is 5.88 Å². The Kier molecular flexibility index (Phi) is 4.39. The maximum Gasteiger partial charge on any atom is 0.346 e. The van der Waals surface area contributed by atoms with Crippen molar-refractivity contribution in [2.75, 3.05) is 0 Å². The molecule has 1 heterocycles. The van der Waals surface area contributed by atoms with E-state index in [4.69, 9.17) is 21.4 Å². The van der Waals surface area contributed by atoms with E-state index < -0.39 is 22.1 Å². The molecule has 0 aliphatic heterocycles. The third-order valence-electron chi connectivity index (χ3n) is 2.40. The van der Waals surface area contributed by atoms with E-state index in [9.17, 15) is 14.9 Å². The number of halogens is 2. The van der Waals surface area contributed by atoms with Crippen LogP contribution in [0, 0.1) is 10.1 Å². The maximum absolute atomic E-state index is 11.2. The molecule has 2 aromatic rings. The molecule has 0 aliphatic carbocycles. The second kappa shape index (κ2) is 6.06. The number of nitro groups is 1. The van der Waals surface area contributed by atoms with E-state index in [1.165, 1.54) is 24.4 Å². The molecule has 0 saturated carbocycles. The smallest absolute Gasteiger partial charge is 0.346 e. The highest BCUT2D eigenvalue weighted by atomic mass is 79.9. The summed E-state index contributed by atoms with van der Waals surface area (Å²) < 4.78 is 5.73. The second-order valence-corrected chi connectivity index (χ2v) is 5.05. The number of nitro benzene ring substituents is 1. The number of aromatic carboxylic acids is 1. The number of ether oxygens (including phenoxy) is 1. The summed E-state index contributed by atoms with van der Waals surface area (Å²) in [5.74, 6) is -1.61. The number of hydrogen-bond donors (Lipinski definition) is 1. The summed E-state index contributed by atoms with van der Waals surface area (Å²) in [6.07, 6.45) is 1.31. The minimum atomic E-state index is -1.47. The molecule has 0 unspecified atom stereocenters. The fraction of sp³-hybridized carbons (Fsp3) is 0. The first-order chi connectivity index (χ1) is 9.90. The van der Waals surface area contributed by atoms with Gasteiger partial charge in [-0.3, -0.25) is 10.1 Å². The zero-order chi connectivity index (χ0) is 15.6. The standard InChI is InChI=1S/C12H6BrClN2O5/c13-7-4-6(14)5-15-11(7)21-9-3-1-2-8(16(19)20)10(9)12(17)18/h1-5H,(H,17,18). The van der Waals surface area contributed by atoms with Gasteiger partial charge in [-0.1, -0.05) is 17.7 Å². The molecule has 0 fully saturated rings. The Morgan fingerprint density at radius 3 is 2.76 bits per heavy atom. The van der Waals surface area contributed by atoms with Gasteiger partial charge in [0.25, 0.3) is 5.69 Å². The molecule has 0 saturated heterocycles. The van der Waals surface area contributed by atoms with Gasteiger partial charge in [-0.25, -0.2) is 9.78 Å². The zero-order valence-electron chi connectivity index (χ0n) is 10.1. The van der Waals surface area contributed by atoms with Crippen molar-refractivity contribution in [3.05, 3.63) is 55.6 Å². The molecule has 0 radical (unpaired) electrons. The molecule has 0 atom stereocenters. The summed E-state index contributed by atoms with van der Waals surface area (Å²) in [4.78, 5) is 25.2. The number of carbonyl (C=O) groups is 1. The van der Waals surface area contributed by atoms with Crippen molar-refractivity contribution in [3.8, 4) is 11.6 Å². The van der Waals surface area contributed by atoms with Crippen molar-refractivity contribution in [1.29, 1.82) is 0 Å². The van der Waals surface area contributed by atoms with Gasteiger partial charge in [-0.05, 0) is 28.1 Å². The van der Waals surface area contributed by atoms with E-state index in [0.717, 1.165) is 6.07 Å². The molecule has 108 valence electrons. The fourth-order valence-electron chi connectivity index (χ4n) is 1.55. The van der Waals surface area contributed by atoms with Crippen molar-refractivity contribution < 1.29 is 19.6 Å². The number of pyridine rings is 1. The molecular weight excluding hydrogens is 367 g/mol. The van der Waals surface area contributed by atoms with Crippen LogP contribution in [0.4, 0.5) is 5.69 Å². The second-order valence-electron chi connectivity index (χ2n) is 3.76. The number of nitrogens with zero attached hydrogens (tertiary/aromatic N) is 2. The highest BCUT2D eigenvalue weighted by Crippen LogP contribution is 2.34. The molecule has 1 aromatic carbocycles. The van der Waals surface area contributed by atoms with Crippen LogP contribution in [0.15, 0.2) is 34.9 Å². The minimum Gasteiger partial charge on any atom is -0.477 e. The summed E-state index contributed by atoms with van der Waals surface area (Å²) in [5.41, 5.74) is -1.11. The van der Waals surface area contributed by atoms with Crippen molar-refractivity contribution >= 4 is 39.2 Å². The zero-order valence-corrected chi connectivity index (χ0v) is 12.5. The molecular formula is C12H6BrClN2O5. The Hall–Kier alpha value is -2.19. The first kappa shape index (κ1) is 15.2. The summed E-state index contributed by atoms with van der Waals surface area (Å²) in [7, 11) is 0.